The molecule has 3 rings (SSSR count). The molecule has 1 fully saturated rings. The Bertz CT molecular complexity index is 876. The van der Waals surface area contributed by atoms with E-state index in [-0.39, 0.29) is 30.5 Å². The summed E-state index contributed by atoms with van der Waals surface area (Å²) in [5.41, 5.74) is 0.630. The maximum absolute atomic E-state index is 13.5. The fraction of sp³-hybridized carbons (Fsp3) is 0.364. The van der Waals surface area contributed by atoms with Crippen LogP contribution in [0.5, 0.6) is 0 Å². The summed E-state index contributed by atoms with van der Waals surface area (Å²) >= 11 is 0. The molecule has 2 aromatic rings. The van der Waals surface area contributed by atoms with Crippen molar-refractivity contribution in [2.24, 2.45) is 0 Å². The molecule has 0 saturated carbocycles. The van der Waals surface area contributed by atoms with Crippen LogP contribution in [0.25, 0.3) is 0 Å². The largest absolute Gasteiger partial charge is 0.383 e. The molecule has 0 radical (unpaired) electrons. The Morgan fingerprint density at radius 2 is 1.90 bits per heavy atom. The SMILES string of the molecule is COCCN(CC1CN(C(=O)c2cccc(F)c2)CCO1)C(=O)c1ccc(F)cc1. The summed E-state index contributed by atoms with van der Waals surface area (Å²) in [6.45, 7) is 1.86. The maximum Gasteiger partial charge on any atom is 0.254 e. The van der Waals surface area contributed by atoms with Crippen LogP contribution < -0.4 is 0 Å². The summed E-state index contributed by atoms with van der Waals surface area (Å²) in [6.07, 6.45) is -0.405. The molecule has 1 aliphatic rings. The smallest absolute Gasteiger partial charge is 0.254 e. The Morgan fingerprint density at radius 1 is 1.13 bits per heavy atom. The van der Waals surface area contributed by atoms with Gasteiger partial charge in [-0.3, -0.25) is 9.59 Å². The first-order chi connectivity index (χ1) is 14.5. The van der Waals surface area contributed by atoms with Gasteiger partial charge in [-0.25, -0.2) is 8.78 Å². The van der Waals surface area contributed by atoms with E-state index in [1.165, 1.54) is 49.6 Å². The molecule has 160 valence electrons. The van der Waals surface area contributed by atoms with Gasteiger partial charge in [0.1, 0.15) is 11.6 Å². The van der Waals surface area contributed by atoms with Crippen LogP contribution in [0.2, 0.25) is 0 Å². The Kier molecular flexibility index (Phi) is 7.48. The van der Waals surface area contributed by atoms with E-state index in [1.807, 2.05) is 0 Å². The molecule has 0 aliphatic carbocycles. The summed E-state index contributed by atoms with van der Waals surface area (Å²) in [4.78, 5) is 28.8. The third kappa shape index (κ3) is 5.61. The Labute approximate surface area is 174 Å². The molecule has 0 spiro atoms. The molecule has 0 aromatic heterocycles. The molecule has 0 bridgehead atoms. The van der Waals surface area contributed by atoms with E-state index in [0.29, 0.717) is 31.9 Å². The van der Waals surface area contributed by atoms with Crippen LogP contribution in [0.4, 0.5) is 8.78 Å². The molecule has 8 heteroatoms. The molecule has 1 saturated heterocycles. The standard InChI is InChI=1S/C22H24F2N2O4/c1-29-11-9-25(21(27)16-5-7-18(23)8-6-16)14-20-15-26(10-12-30-20)22(28)17-3-2-4-19(24)13-17/h2-8,13,20H,9-12,14-15H2,1H3. The lowest BCUT2D eigenvalue weighted by atomic mass is 10.1. The Hall–Kier alpha value is -2.84. The number of carbonyl (C=O) groups is 2. The van der Waals surface area contributed by atoms with Crippen molar-refractivity contribution in [2.75, 3.05) is 46.5 Å². The monoisotopic (exact) mass is 418 g/mol. The van der Waals surface area contributed by atoms with Gasteiger partial charge in [-0.05, 0) is 42.5 Å². The Morgan fingerprint density at radius 3 is 2.60 bits per heavy atom. The van der Waals surface area contributed by atoms with E-state index in [2.05, 4.69) is 0 Å². The second-order valence-electron chi connectivity index (χ2n) is 7.01. The van der Waals surface area contributed by atoms with Crippen LogP contribution in [-0.2, 0) is 9.47 Å². The highest BCUT2D eigenvalue weighted by molar-refractivity contribution is 5.95. The molecule has 1 unspecified atom stereocenters. The number of amides is 2. The van der Waals surface area contributed by atoms with Crippen molar-refractivity contribution < 1.29 is 27.8 Å². The fourth-order valence-corrected chi connectivity index (χ4v) is 3.32. The fourth-order valence-electron chi connectivity index (χ4n) is 3.32. The predicted molar refractivity (Wildman–Crippen MR) is 106 cm³/mol. The van der Waals surface area contributed by atoms with Crippen LogP contribution in [0.1, 0.15) is 20.7 Å². The molecule has 1 atom stereocenters. The van der Waals surface area contributed by atoms with Gasteiger partial charge in [0, 0.05) is 44.4 Å². The number of benzene rings is 2. The van der Waals surface area contributed by atoms with Crippen LogP contribution in [0.3, 0.4) is 0 Å². The third-order valence-electron chi connectivity index (χ3n) is 4.87. The second kappa shape index (κ2) is 10.3. The number of ether oxygens (including phenoxy) is 2. The van der Waals surface area contributed by atoms with Crippen LogP contribution in [0, 0.1) is 11.6 Å². The number of carbonyl (C=O) groups excluding carboxylic acids is 2. The number of nitrogens with zero attached hydrogens (tertiary/aromatic N) is 2. The van der Waals surface area contributed by atoms with Gasteiger partial charge in [-0.1, -0.05) is 6.07 Å². The van der Waals surface area contributed by atoms with E-state index in [1.54, 1.807) is 15.9 Å². The Balaban J connectivity index is 1.68. The minimum atomic E-state index is -0.471. The molecule has 2 aromatic carbocycles. The molecule has 1 aliphatic heterocycles. The molecular weight excluding hydrogens is 394 g/mol. The zero-order valence-electron chi connectivity index (χ0n) is 16.7. The summed E-state index contributed by atoms with van der Waals surface area (Å²) in [6, 6.07) is 10.9. The summed E-state index contributed by atoms with van der Waals surface area (Å²) in [5.74, 6) is -1.45. The van der Waals surface area contributed by atoms with Crippen LogP contribution in [-0.4, -0.2) is 74.2 Å². The molecule has 0 N–H and O–H groups in total. The highest BCUT2D eigenvalue weighted by Gasteiger charge is 2.28. The van der Waals surface area contributed by atoms with Gasteiger partial charge in [-0.15, -0.1) is 0 Å². The summed E-state index contributed by atoms with van der Waals surface area (Å²) < 4.78 is 37.5. The van der Waals surface area contributed by atoms with Gasteiger partial charge in [0.15, 0.2) is 0 Å². The zero-order chi connectivity index (χ0) is 21.5. The normalized spacial score (nSPS) is 16.4. The average Bonchev–Trinajstić information content (AvgIpc) is 2.76. The van der Waals surface area contributed by atoms with Gasteiger partial charge < -0.3 is 19.3 Å². The average molecular weight is 418 g/mol. The first kappa shape index (κ1) is 21.9. The summed E-state index contributed by atoms with van der Waals surface area (Å²) in [5, 5.41) is 0. The number of halogens is 2. The van der Waals surface area contributed by atoms with Crippen molar-refractivity contribution in [1.82, 2.24) is 9.80 Å². The van der Waals surface area contributed by atoms with Crippen molar-refractivity contribution in [2.45, 2.75) is 6.10 Å². The second-order valence-corrected chi connectivity index (χ2v) is 7.01. The minimum Gasteiger partial charge on any atom is -0.383 e. The maximum atomic E-state index is 13.5. The van der Waals surface area contributed by atoms with E-state index in [4.69, 9.17) is 9.47 Å². The highest BCUT2D eigenvalue weighted by Crippen LogP contribution is 2.15. The van der Waals surface area contributed by atoms with E-state index < -0.39 is 17.7 Å². The first-order valence-electron chi connectivity index (χ1n) is 9.68. The predicted octanol–water partition coefficient (Wildman–Crippen LogP) is 2.59. The molecule has 30 heavy (non-hydrogen) atoms. The molecule has 6 nitrogen and oxygen atoms in total. The first-order valence-corrected chi connectivity index (χ1v) is 9.68. The topological polar surface area (TPSA) is 59.1 Å². The number of rotatable bonds is 7. The van der Waals surface area contributed by atoms with Crippen LogP contribution >= 0.6 is 0 Å². The van der Waals surface area contributed by atoms with E-state index >= 15 is 0 Å². The lowest BCUT2D eigenvalue weighted by molar-refractivity contribution is -0.0347. The van der Waals surface area contributed by atoms with Crippen molar-refractivity contribution in [1.29, 1.82) is 0 Å². The molecule has 2 amide bonds. The lowest BCUT2D eigenvalue weighted by Crippen LogP contribution is -2.51. The van der Waals surface area contributed by atoms with Crippen molar-refractivity contribution in [3.8, 4) is 0 Å². The zero-order valence-corrected chi connectivity index (χ0v) is 16.7. The highest BCUT2D eigenvalue weighted by atomic mass is 19.1. The van der Waals surface area contributed by atoms with Crippen molar-refractivity contribution in [3.63, 3.8) is 0 Å². The van der Waals surface area contributed by atoms with Gasteiger partial charge in [0.25, 0.3) is 11.8 Å². The van der Waals surface area contributed by atoms with Gasteiger partial charge in [0.05, 0.1) is 19.3 Å². The van der Waals surface area contributed by atoms with Crippen LogP contribution in [0.15, 0.2) is 48.5 Å². The van der Waals surface area contributed by atoms with Gasteiger partial charge in [0.2, 0.25) is 0 Å². The number of methoxy groups -OCH3 is 1. The quantitative estimate of drug-likeness (QED) is 0.694. The van der Waals surface area contributed by atoms with E-state index in [9.17, 15) is 18.4 Å². The lowest BCUT2D eigenvalue weighted by Gasteiger charge is -2.36. The minimum absolute atomic E-state index is 0.243. The summed E-state index contributed by atoms with van der Waals surface area (Å²) in [7, 11) is 1.54. The molecular formula is C22H24F2N2O4. The van der Waals surface area contributed by atoms with Crippen molar-refractivity contribution >= 4 is 11.8 Å². The molecule has 1 heterocycles. The van der Waals surface area contributed by atoms with Gasteiger partial charge >= 0.3 is 0 Å². The number of morpholine rings is 1. The van der Waals surface area contributed by atoms with Crippen molar-refractivity contribution in [3.05, 3.63) is 71.3 Å². The third-order valence-corrected chi connectivity index (χ3v) is 4.87. The van der Waals surface area contributed by atoms with Gasteiger partial charge in [-0.2, -0.15) is 0 Å². The number of hydrogen-bond donors (Lipinski definition) is 0. The van der Waals surface area contributed by atoms with E-state index in [0.717, 1.165) is 0 Å². The number of hydrogen-bond acceptors (Lipinski definition) is 4.